The molecule has 0 radical (unpaired) electrons. The number of hydrogen-bond donors (Lipinski definition) is 0. The van der Waals surface area contributed by atoms with E-state index in [0.717, 1.165) is 24.8 Å². The second kappa shape index (κ2) is 8.06. The van der Waals surface area contributed by atoms with Gasteiger partial charge < -0.3 is 18.9 Å². The molecule has 1 unspecified atom stereocenters. The summed E-state index contributed by atoms with van der Waals surface area (Å²) in [4.78, 5) is 27.9. The number of carbonyl (C=O) groups excluding carboxylic acids is 1. The van der Waals surface area contributed by atoms with Crippen LogP contribution in [0, 0.1) is 0 Å². The van der Waals surface area contributed by atoms with Crippen molar-refractivity contribution in [1.82, 2.24) is 9.47 Å². The molecule has 0 spiro atoms. The minimum atomic E-state index is -0.385. The molecule has 142 valence electrons. The van der Waals surface area contributed by atoms with Gasteiger partial charge in [0.2, 0.25) is 0 Å². The van der Waals surface area contributed by atoms with Crippen molar-refractivity contribution in [3.05, 3.63) is 70.1 Å². The third-order valence-corrected chi connectivity index (χ3v) is 5.22. The normalized spacial score (nSPS) is 20.7. The summed E-state index contributed by atoms with van der Waals surface area (Å²) in [5.74, 6) is -0.230. The summed E-state index contributed by atoms with van der Waals surface area (Å²) >= 11 is 0. The fraction of sp³-hybridized carbons (Fsp3) is 0.429. The number of piperidine rings is 1. The van der Waals surface area contributed by atoms with E-state index in [-0.39, 0.29) is 29.4 Å². The van der Waals surface area contributed by atoms with Crippen LogP contribution in [-0.4, -0.2) is 47.5 Å². The second-order valence-corrected chi connectivity index (χ2v) is 7.01. The number of hydrogen-bond acceptors (Lipinski definition) is 4. The van der Waals surface area contributed by atoms with E-state index >= 15 is 0 Å². The highest BCUT2D eigenvalue weighted by atomic mass is 16.7. The monoisotopic (exact) mass is 368 g/mol. The van der Waals surface area contributed by atoms with E-state index in [1.54, 1.807) is 27.8 Å². The van der Waals surface area contributed by atoms with E-state index in [1.807, 2.05) is 30.3 Å². The first kappa shape index (κ1) is 17.9. The van der Waals surface area contributed by atoms with Gasteiger partial charge in [0, 0.05) is 12.7 Å². The fourth-order valence-electron chi connectivity index (χ4n) is 3.85. The molecule has 0 saturated carbocycles. The summed E-state index contributed by atoms with van der Waals surface area (Å²) in [6.07, 6.45) is 4.14. The molecule has 1 aromatic carbocycles. The quantitative estimate of drug-likeness (QED) is 0.831. The van der Waals surface area contributed by atoms with E-state index < -0.39 is 0 Å². The number of carbonyl (C=O) groups is 1. The smallest absolute Gasteiger partial charge is 0.263 e. The maximum Gasteiger partial charge on any atom is 0.263 e. The molecule has 4 rings (SSSR count). The molecule has 0 N–H and O–H groups in total. The van der Waals surface area contributed by atoms with Crippen LogP contribution in [0.2, 0.25) is 0 Å². The van der Waals surface area contributed by atoms with Crippen LogP contribution >= 0.6 is 0 Å². The van der Waals surface area contributed by atoms with Gasteiger partial charge in [-0.25, -0.2) is 0 Å². The molecule has 3 heterocycles. The SMILES string of the molecule is O=C(c1cccn(Cc2ccccc2)c1=O)N1CCCCC1C1OCCO1. The standard InChI is InChI=1S/C21H24N2O4/c24-19-17(9-6-11-22(19)15-16-7-2-1-3-8-16)20(25)23-12-5-4-10-18(23)21-26-13-14-27-21/h1-3,6-9,11,18,21H,4-5,10,12-15H2. The summed E-state index contributed by atoms with van der Waals surface area (Å²) in [6.45, 7) is 2.18. The van der Waals surface area contributed by atoms with Gasteiger partial charge in [-0.15, -0.1) is 0 Å². The summed E-state index contributed by atoms with van der Waals surface area (Å²) in [5.41, 5.74) is 0.968. The molecule has 6 heteroatoms. The average Bonchev–Trinajstić information content (AvgIpc) is 3.25. The Kier molecular flexibility index (Phi) is 5.36. The van der Waals surface area contributed by atoms with E-state index in [4.69, 9.17) is 9.47 Å². The zero-order valence-electron chi connectivity index (χ0n) is 15.3. The van der Waals surface area contributed by atoms with Crippen LogP contribution in [-0.2, 0) is 16.0 Å². The number of aromatic nitrogens is 1. The van der Waals surface area contributed by atoms with Crippen LogP contribution < -0.4 is 5.56 Å². The highest BCUT2D eigenvalue weighted by molar-refractivity contribution is 5.94. The van der Waals surface area contributed by atoms with Crippen molar-refractivity contribution in [2.75, 3.05) is 19.8 Å². The van der Waals surface area contributed by atoms with Gasteiger partial charge in [-0.1, -0.05) is 30.3 Å². The zero-order valence-corrected chi connectivity index (χ0v) is 15.3. The summed E-state index contributed by atoms with van der Waals surface area (Å²) in [6, 6.07) is 13.0. The molecule has 2 aliphatic heterocycles. The number of ether oxygens (including phenoxy) is 2. The van der Waals surface area contributed by atoms with Crippen molar-refractivity contribution >= 4 is 5.91 Å². The van der Waals surface area contributed by atoms with E-state index in [2.05, 4.69) is 0 Å². The molecule has 1 amide bonds. The molecule has 27 heavy (non-hydrogen) atoms. The summed E-state index contributed by atoms with van der Waals surface area (Å²) in [7, 11) is 0. The van der Waals surface area contributed by atoms with E-state index in [9.17, 15) is 9.59 Å². The van der Waals surface area contributed by atoms with Crippen molar-refractivity contribution in [3.8, 4) is 0 Å². The lowest BCUT2D eigenvalue weighted by molar-refractivity contribution is -0.100. The van der Waals surface area contributed by atoms with E-state index in [1.165, 1.54) is 0 Å². The van der Waals surface area contributed by atoms with Crippen LogP contribution in [0.4, 0.5) is 0 Å². The predicted molar refractivity (Wildman–Crippen MR) is 101 cm³/mol. The number of benzene rings is 1. The van der Waals surface area contributed by atoms with Crippen LogP contribution in [0.15, 0.2) is 53.5 Å². The maximum absolute atomic E-state index is 13.2. The molecule has 1 atom stereocenters. The average molecular weight is 368 g/mol. The molecule has 1 aromatic heterocycles. The van der Waals surface area contributed by atoms with Gasteiger partial charge in [-0.05, 0) is 37.0 Å². The Morgan fingerprint density at radius 3 is 2.59 bits per heavy atom. The lowest BCUT2D eigenvalue weighted by Crippen LogP contribution is -2.51. The van der Waals surface area contributed by atoms with Crippen molar-refractivity contribution < 1.29 is 14.3 Å². The van der Waals surface area contributed by atoms with Crippen molar-refractivity contribution in [2.24, 2.45) is 0 Å². The first-order valence-electron chi connectivity index (χ1n) is 9.51. The molecule has 6 nitrogen and oxygen atoms in total. The van der Waals surface area contributed by atoms with Gasteiger partial charge in [-0.3, -0.25) is 9.59 Å². The van der Waals surface area contributed by atoms with Crippen LogP contribution in [0.5, 0.6) is 0 Å². The Balaban J connectivity index is 1.59. The van der Waals surface area contributed by atoms with Crippen LogP contribution in [0.3, 0.4) is 0 Å². The topological polar surface area (TPSA) is 60.8 Å². The van der Waals surface area contributed by atoms with Gasteiger partial charge >= 0.3 is 0 Å². The molecular weight excluding hydrogens is 344 g/mol. The Labute approximate surface area is 158 Å². The Morgan fingerprint density at radius 2 is 1.81 bits per heavy atom. The first-order chi connectivity index (χ1) is 13.2. The summed E-state index contributed by atoms with van der Waals surface area (Å²) in [5, 5.41) is 0. The van der Waals surface area contributed by atoms with E-state index in [0.29, 0.717) is 26.3 Å². The number of rotatable bonds is 4. The molecule has 0 aliphatic carbocycles. The van der Waals surface area contributed by atoms with Gasteiger partial charge in [0.15, 0.2) is 6.29 Å². The Bertz CT molecular complexity index is 843. The molecule has 2 fully saturated rings. The highest BCUT2D eigenvalue weighted by Gasteiger charge is 2.37. The maximum atomic E-state index is 13.2. The second-order valence-electron chi connectivity index (χ2n) is 7.01. The van der Waals surface area contributed by atoms with Gasteiger partial charge in [0.25, 0.3) is 11.5 Å². The molecular formula is C21H24N2O4. The zero-order chi connectivity index (χ0) is 18.6. The number of likely N-dealkylation sites (tertiary alicyclic amines) is 1. The predicted octanol–water partition coefficient (Wildman–Crippen LogP) is 2.26. The fourth-order valence-corrected chi connectivity index (χ4v) is 3.85. The van der Waals surface area contributed by atoms with Crippen LogP contribution in [0.1, 0.15) is 35.2 Å². The van der Waals surface area contributed by atoms with Crippen molar-refractivity contribution in [2.45, 2.75) is 38.1 Å². The van der Waals surface area contributed by atoms with Gasteiger partial charge in [0.1, 0.15) is 5.56 Å². The van der Waals surface area contributed by atoms with Gasteiger partial charge in [0.05, 0.1) is 25.8 Å². The first-order valence-corrected chi connectivity index (χ1v) is 9.51. The highest BCUT2D eigenvalue weighted by Crippen LogP contribution is 2.25. The number of amides is 1. The minimum Gasteiger partial charge on any atom is -0.348 e. The summed E-state index contributed by atoms with van der Waals surface area (Å²) < 4.78 is 12.9. The molecule has 0 bridgehead atoms. The third kappa shape index (κ3) is 3.82. The van der Waals surface area contributed by atoms with Gasteiger partial charge in [-0.2, -0.15) is 0 Å². The van der Waals surface area contributed by atoms with Crippen molar-refractivity contribution in [3.63, 3.8) is 0 Å². The Morgan fingerprint density at radius 1 is 1.04 bits per heavy atom. The molecule has 2 aliphatic rings. The number of nitrogens with zero attached hydrogens (tertiary/aromatic N) is 2. The molecule has 2 aromatic rings. The Hall–Kier alpha value is -2.44. The molecule has 2 saturated heterocycles. The largest absolute Gasteiger partial charge is 0.348 e. The minimum absolute atomic E-state index is 0.129. The van der Waals surface area contributed by atoms with Crippen molar-refractivity contribution in [1.29, 1.82) is 0 Å². The number of pyridine rings is 1. The lowest BCUT2D eigenvalue weighted by Gasteiger charge is -2.37. The third-order valence-electron chi connectivity index (χ3n) is 5.22. The lowest BCUT2D eigenvalue weighted by atomic mass is 10.0. The van der Waals surface area contributed by atoms with Crippen LogP contribution in [0.25, 0.3) is 0 Å².